The number of rotatable bonds is 4. The van der Waals surface area contributed by atoms with E-state index in [2.05, 4.69) is 11.4 Å². The van der Waals surface area contributed by atoms with Crippen LogP contribution in [0, 0.1) is 11.3 Å². The Morgan fingerprint density at radius 3 is 2.72 bits per heavy atom. The molecular weight excluding hydrogens is 408 g/mol. The maximum absolute atomic E-state index is 13.8. The van der Waals surface area contributed by atoms with E-state index in [0.717, 1.165) is 12.8 Å². The first kappa shape index (κ1) is 21.7. The lowest BCUT2D eigenvalue weighted by molar-refractivity contribution is -0.138. The Bertz CT molecular complexity index is 1090. The molecule has 0 spiro atoms. The minimum Gasteiger partial charge on any atom is -0.496 e. The second-order valence-corrected chi connectivity index (χ2v) is 8.16. The van der Waals surface area contributed by atoms with Gasteiger partial charge in [-0.2, -0.15) is 5.26 Å². The van der Waals surface area contributed by atoms with Crippen molar-refractivity contribution in [2.24, 2.45) is 0 Å². The van der Waals surface area contributed by atoms with Crippen LogP contribution >= 0.6 is 0 Å². The van der Waals surface area contributed by atoms with Gasteiger partial charge in [-0.05, 0) is 43.5 Å². The second-order valence-electron chi connectivity index (χ2n) is 8.16. The fourth-order valence-electron chi connectivity index (χ4n) is 4.64. The number of fused-ring (bicyclic) bond motifs is 1. The van der Waals surface area contributed by atoms with Crippen LogP contribution < -0.4 is 10.1 Å². The lowest BCUT2D eigenvalue weighted by Crippen LogP contribution is -2.59. The summed E-state index contributed by atoms with van der Waals surface area (Å²) >= 11 is 0. The highest BCUT2D eigenvalue weighted by molar-refractivity contribution is 6.09. The molecule has 166 valence electrons. The molecule has 1 fully saturated rings. The van der Waals surface area contributed by atoms with E-state index >= 15 is 0 Å². The molecule has 1 N–H and O–H groups in total. The molecule has 0 bridgehead atoms. The molecule has 32 heavy (non-hydrogen) atoms. The number of nitrogens with zero attached hydrogens (tertiary/aromatic N) is 3. The molecule has 2 aromatic carbocycles. The zero-order chi connectivity index (χ0) is 22.9. The van der Waals surface area contributed by atoms with Gasteiger partial charge in [0.1, 0.15) is 5.75 Å². The van der Waals surface area contributed by atoms with Crippen molar-refractivity contribution < 1.29 is 19.1 Å². The first-order chi connectivity index (χ1) is 15.4. The summed E-state index contributed by atoms with van der Waals surface area (Å²) in [5.74, 6) is 0.279. The summed E-state index contributed by atoms with van der Waals surface area (Å²) in [6.45, 7) is 0.535. The zero-order valence-corrected chi connectivity index (χ0v) is 18.4. The molecule has 2 heterocycles. The van der Waals surface area contributed by atoms with Crippen molar-refractivity contribution in [3.63, 3.8) is 0 Å². The maximum atomic E-state index is 13.8. The number of amides is 2. The van der Waals surface area contributed by atoms with Gasteiger partial charge in [0.25, 0.3) is 5.91 Å². The third-order valence-electron chi connectivity index (χ3n) is 6.09. The van der Waals surface area contributed by atoms with Gasteiger partial charge in [0.05, 0.1) is 18.7 Å². The fraction of sp³-hybridized carbons (Fsp3) is 0.375. The second kappa shape index (κ2) is 8.52. The Balaban J connectivity index is 1.97. The predicted octanol–water partition coefficient (Wildman–Crippen LogP) is 3.27. The van der Waals surface area contributed by atoms with Crippen molar-refractivity contribution >= 4 is 17.7 Å². The lowest BCUT2D eigenvalue weighted by Gasteiger charge is -2.46. The number of hydrogen-bond acceptors (Lipinski definition) is 6. The van der Waals surface area contributed by atoms with E-state index in [-0.39, 0.29) is 5.91 Å². The number of nitriles is 1. The number of piperidine rings is 1. The van der Waals surface area contributed by atoms with Gasteiger partial charge in [-0.1, -0.05) is 18.2 Å². The van der Waals surface area contributed by atoms with E-state index in [1.54, 1.807) is 45.5 Å². The Morgan fingerprint density at radius 2 is 2.00 bits per heavy atom. The molecule has 2 aromatic rings. The van der Waals surface area contributed by atoms with Gasteiger partial charge in [-0.25, -0.2) is 9.69 Å². The van der Waals surface area contributed by atoms with E-state index in [1.165, 1.54) is 4.90 Å². The van der Waals surface area contributed by atoms with E-state index in [9.17, 15) is 14.9 Å². The molecule has 8 nitrogen and oxygen atoms in total. The number of hydrogen-bond donors (Lipinski definition) is 1. The minimum atomic E-state index is -1.31. The number of likely N-dealkylation sites (tertiary alicyclic amines) is 1. The standard InChI is InChI=1S/C24H26N4O4/c1-27(2)23(30)32-21-10-6-7-13-28(21)24(17-8-4-5-9-20(17)31-3)18-14-16(15-25)11-12-19(18)26-22(24)29/h4-5,8-9,11-12,14,21H,6-7,10,13H2,1-3H3,(H,26,29)/t21-,24?/m0/s1. The summed E-state index contributed by atoms with van der Waals surface area (Å²) in [6, 6.07) is 14.7. The SMILES string of the molecule is COc1ccccc1C1(N2CCCC[C@@H]2OC(=O)N(C)C)C(=O)Nc2ccc(C#N)cc21. The Kier molecular flexibility index (Phi) is 5.76. The highest BCUT2D eigenvalue weighted by Gasteiger charge is 2.57. The van der Waals surface area contributed by atoms with Crippen molar-refractivity contribution in [1.82, 2.24) is 9.80 Å². The van der Waals surface area contributed by atoms with Gasteiger partial charge in [0, 0.05) is 37.5 Å². The van der Waals surface area contributed by atoms with Crippen LogP contribution in [0.25, 0.3) is 0 Å². The maximum Gasteiger partial charge on any atom is 0.410 e. The quantitative estimate of drug-likeness (QED) is 0.794. The van der Waals surface area contributed by atoms with E-state index in [4.69, 9.17) is 9.47 Å². The van der Waals surface area contributed by atoms with Gasteiger partial charge in [-0.3, -0.25) is 4.79 Å². The normalized spacial score (nSPS) is 22.4. The largest absolute Gasteiger partial charge is 0.496 e. The molecule has 1 unspecified atom stereocenters. The van der Waals surface area contributed by atoms with Gasteiger partial charge in [0.15, 0.2) is 11.8 Å². The molecule has 0 radical (unpaired) electrons. The number of benzene rings is 2. The number of nitrogens with one attached hydrogen (secondary N) is 1. The summed E-state index contributed by atoms with van der Waals surface area (Å²) < 4.78 is 11.5. The van der Waals surface area contributed by atoms with Crippen molar-refractivity contribution in [1.29, 1.82) is 5.26 Å². The number of carbonyl (C=O) groups is 2. The van der Waals surface area contributed by atoms with Crippen LogP contribution in [0.5, 0.6) is 5.75 Å². The Hall–Kier alpha value is -3.57. The predicted molar refractivity (Wildman–Crippen MR) is 118 cm³/mol. The Morgan fingerprint density at radius 1 is 1.22 bits per heavy atom. The van der Waals surface area contributed by atoms with Crippen LogP contribution in [-0.2, 0) is 15.1 Å². The zero-order valence-electron chi connectivity index (χ0n) is 18.4. The van der Waals surface area contributed by atoms with Crippen molar-refractivity contribution in [3.8, 4) is 11.8 Å². The molecule has 2 amide bonds. The topological polar surface area (TPSA) is 94.9 Å². The molecule has 8 heteroatoms. The highest BCUT2D eigenvalue weighted by atomic mass is 16.6. The summed E-state index contributed by atoms with van der Waals surface area (Å²) in [5.41, 5.74) is 1.05. The van der Waals surface area contributed by atoms with Crippen LogP contribution in [-0.4, -0.2) is 55.8 Å². The minimum absolute atomic E-state index is 0.264. The van der Waals surface area contributed by atoms with E-state index in [0.29, 0.717) is 41.1 Å². The van der Waals surface area contributed by atoms with Crippen LogP contribution in [0.4, 0.5) is 10.5 Å². The lowest BCUT2D eigenvalue weighted by atomic mass is 9.79. The molecule has 0 aliphatic carbocycles. The molecule has 2 atom stereocenters. The van der Waals surface area contributed by atoms with E-state index < -0.39 is 17.9 Å². The monoisotopic (exact) mass is 434 g/mol. The van der Waals surface area contributed by atoms with Crippen LogP contribution in [0.1, 0.15) is 36.0 Å². The van der Waals surface area contributed by atoms with Crippen LogP contribution in [0.2, 0.25) is 0 Å². The Labute approximate surface area is 187 Å². The smallest absolute Gasteiger partial charge is 0.410 e. The molecule has 4 rings (SSSR count). The number of anilines is 1. The highest BCUT2D eigenvalue weighted by Crippen LogP contribution is 2.50. The average molecular weight is 434 g/mol. The van der Waals surface area contributed by atoms with Gasteiger partial charge >= 0.3 is 6.09 Å². The molecule has 0 saturated carbocycles. The number of methoxy groups -OCH3 is 1. The van der Waals surface area contributed by atoms with Crippen LogP contribution in [0.3, 0.4) is 0 Å². The van der Waals surface area contributed by atoms with Gasteiger partial charge < -0.3 is 19.7 Å². The molecule has 2 aliphatic rings. The van der Waals surface area contributed by atoms with Crippen molar-refractivity contribution in [3.05, 3.63) is 59.2 Å². The average Bonchev–Trinajstić information content (AvgIpc) is 3.10. The summed E-state index contributed by atoms with van der Waals surface area (Å²) in [6.07, 6.45) is 1.22. The summed E-state index contributed by atoms with van der Waals surface area (Å²) in [7, 11) is 4.82. The molecule has 1 saturated heterocycles. The summed E-state index contributed by atoms with van der Waals surface area (Å²) in [4.78, 5) is 29.6. The number of ether oxygens (including phenoxy) is 2. The summed E-state index contributed by atoms with van der Waals surface area (Å²) in [5, 5.41) is 12.5. The van der Waals surface area contributed by atoms with Crippen molar-refractivity contribution in [2.45, 2.75) is 31.0 Å². The van der Waals surface area contributed by atoms with Crippen molar-refractivity contribution in [2.75, 3.05) is 33.1 Å². The molecule has 2 aliphatic heterocycles. The van der Waals surface area contributed by atoms with Gasteiger partial charge in [-0.15, -0.1) is 0 Å². The first-order valence-electron chi connectivity index (χ1n) is 10.6. The van der Waals surface area contributed by atoms with Crippen LogP contribution in [0.15, 0.2) is 42.5 Å². The van der Waals surface area contributed by atoms with E-state index in [1.807, 2.05) is 23.1 Å². The fourth-order valence-corrected chi connectivity index (χ4v) is 4.64. The molecule has 0 aromatic heterocycles. The first-order valence-corrected chi connectivity index (χ1v) is 10.6. The third kappa shape index (κ3) is 3.35. The number of carbonyl (C=O) groups excluding carboxylic acids is 2. The van der Waals surface area contributed by atoms with Gasteiger partial charge in [0.2, 0.25) is 0 Å². The number of para-hydroxylation sites is 1. The third-order valence-corrected chi connectivity index (χ3v) is 6.09. The molecular formula is C24H26N4O4.